The van der Waals surface area contributed by atoms with Crippen LogP contribution in [-0.2, 0) is 19.1 Å². The molecule has 6 fully saturated rings. The van der Waals surface area contributed by atoms with Gasteiger partial charge < -0.3 is 45.7 Å². The van der Waals surface area contributed by atoms with Crippen LogP contribution in [0.3, 0.4) is 0 Å². The van der Waals surface area contributed by atoms with E-state index in [9.17, 15) is 24.3 Å². The topological polar surface area (TPSA) is 191 Å². The zero-order valence-corrected chi connectivity index (χ0v) is 65.5. The van der Waals surface area contributed by atoms with E-state index in [0.717, 1.165) is 163 Å². The predicted molar refractivity (Wildman–Crippen MR) is 409 cm³/mol. The van der Waals surface area contributed by atoms with Crippen LogP contribution >= 0.6 is 55.8 Å². The monoisotopic (exact) mass is 1430 g/mol. The Morgan fingerprint density at radius 3 is 1.48 bits per heavy atom. The first kappa shape index (κ1) is 81.2. The van der Waals surface area contributed by atoms with Gasteiger partial charge in [0.1, 0.15) is 17.2 Å². The molecular formula is C79H128N5O8S5-. The number of rotatable bonds is 34. The van der Waals surface area contributed by atoms with E-state index in [-0.39, 0.29) is 46.7 Å². The SMILES string of the molecule is C=C(CCCSSCC(=O)[O-])NCCNC(=O)OC1CCC2(C)C(=CCC3C2CCC2(C)C(C(C)CCCC(C)C)CCC32)C1.C=C(CCCSSc1ccccn1)NCCNC(=O)OC1CCC2(C)C(=CCC3C2CCC2(C)C(C(C)CCCC(C)C)CCC32)C1.O=C(O)CS. The first-order chi connectivity index (χ1) is 46.3. The van der Waals surface area contributed by atoms with Crippen molar-refractivity contribution in [3.05, 3.63) is 72.2 Å². The molecule has 6 saturated carbocycles. The number of thiol groups is 1. The van der Waals surface area contributed by atoms with E-state index in [1.54, 1.807) is 32.7 Å². The fourth-order valence-corrected chi connectivity index (χ4v) is 24.0. The number of amides is 2. The zero-order valence-electron chi connectivity index (χ0n) is 61.3. The van der Waals surface area contributed by atoms with E-state index in [4.69, 9.17) is 14.6 Å². The number of hydrogen-bond donors (Lipinski definition) is 6. The third kappa shape index (κ3) is 23.2. The molecule has 97 heavy (non-hydrogen) atoms. The molecule has 0 spiro atoms. The molecule has 0 aromatic carbocycles. The first-order valence-corrected chi connectivity index (χ1v) is 43.3. The number of nitrogens with one attached hydrogen (secondary N) is 4. The van der Waals surface area contributed by atoms with Crippen LogP contribution < -0.4 is 26.4 Å². The number of hydrogen-bond acceptors (Lipinski definition) is 15. The molecule has 548 valence electrons. The van der Waals surface area contributed by atoms with E-state index in [1.807, 2.05) is 35.2 Å². The normalized spacial score (nSPS) is 31.2. The van der Waals surface area contributed by atoms with E-state index in [1.165, 1.54) is 114 Å². The van der Waals surface area contributed by atoms with Crippen molar-refractivity contribution in [2.24, 2.45) is 92.7 Å². The molecular weight excluding hydrogens is 1310 g/mol. The quantitative estimate of drug-likeness (QED) is 0.0165. The van der Waals surface area contributed by atoms with Crippen LogP contribution in [-0.4, -0.2) is 95.6 Å². The molecule has 13 nitrogen and oxygen atoms in total. The number of alkyl carbamates (subject to hydrolysis) is 2. The lowest BCUT2D eigenvalue weighted by Gasteiger charge is -2.58. The summed E-state index contributed by atoms with van der Waals surface area (Å²) < 4.78 is 11.9. The van der Waals surface area contributed by atoms with E-state index in [0.29, 0.717) is 37.0 Å². The van der Waals surface area contributed by atoms with Crippen molar-refractivity contribution in [1.29, 1.82) is 0 Å². The molecule has 8 aliphatic carbocycles. The lowest BCUT2D eigenvalue weighted by atomic mass is 9.47. The van der Waals surface area contributed by atoms with Gasteiger partial charge in [0.05, 0.1) is 11.7 Å². The van der Waals surface area contributed by atoms with Crippen molar-refractivity contribution in [3.63, 3.8) is 0 Å². The fraction of sp³-hybridized carbons (Fsp3) is 0.785. The molecule has 9 rings (SSSR count). The number of carbonyl (C=O) groups excluding carboxylic acids is 3. The van der Waals surface area contributed by atoms with Crippen LogP contribution in [0.2, 0.25) is 0 Å². The van der Waals surface area contributed by atoms with Crippen molar-refractivity contribution < 1.29 is 38.9 Å². The summed E-state index contributed by atoms with van der Waals surface area (Å²) in [6.45, 7) is 35.5. The molecule has 2 amide bonds. The zero-order chi connectivity index (χ0) is 70.3. The average molecular weight is 1440 g/mol. The van der Waals surface area contributed by atoms with E-state index in [2.05, 4.69) is 133 Å². The van der Waals surface area contributed by atoms with Gasteiger partial charge >= 0.3 is 18.2 Å². The van der Waals surface area contributed by atoms with Crippen molar-refractivity contribution in [2.45, 2.75) is 253 Å². The van der Waals surface area contributed by atoms with Gasteiger partial charge in [0.25, 0.3) is 0 Å². The summed E-state index contributed by atoms with van der Waals surface area (Å²) in [7, 11) is 6.39. The number of carbonyl (C=O) groups is 4. The Balaban J connectivity index is 0.000000256. The highest BCUT2D eigenvalue weighted by Gasteiger charge is 2.61. The Bertz CT molecular complexity index is 2740. The largest absolute Gasteiger partial charge is 0.549 e. The van der Waals surface area contributed by atoms with Crippen molar-refractivity contribution in [2.75, 3.05) is 49.2 Å². The summed E-state index contributed by atoms with van der Waals surface area (Å²) in [4.78, 5) is 49.4. The molecule has 18 heteroatoms. The summed E-state index contributed by atoms with van der Waals surface area (Å²) in [5.74, 6) is 10.0. The van der Waals surface area contributed by atoms with Crippen molar-refractivity contribution >= 4 is 79.9 Å². The molecule has 1 aromatic rings. The summed E-state index contributed by atoms with van der Waals surface area (Å²) >= 11 is 3.42. The van der Waals surface area contributed by atoms with Crippen LogP contribution in [0, 0.1) is 92.7 Å². The third-order valence-electron chi connectivity index (χ3n) is 25.2. The number of aliphatic carboxylic acids is 2. The van der Waals surface area contributed by atoms with Gasteiger partial charge in [0, 0.05) is 73.9 Å². The second kappa shape index (κ2) is 39.5. The number of pyridine rings is 1. The minimum absolute atomic E-state index is 0.00772. The predicted octanol–water partition coefficient (Wildman–Crippen LogP) is 19.0. The van der Waals surface area contributed by atoms with Gasteiger partial charge in [-0.2, -0.15) is 12.6 Å². The van der Waals surface area contributed by atoms with Crippen LogP contribution in [0.25, 0.3) is 0 Å². The number of carboxylic acid groups (broad SMARTS) is 2. The second-order valence-electron chi connectivity index (χ2n) is 32.3. The Morgan fingerprint density at radius 1 is 0.608 bits per heavy atom. The van der Waals surface area contributed by atoms with E-state index < -0.39 is 11.9 Å². The number of carboxylic acids is 2. The Morgan fingerprint density at radius 2 is 1.06 bits per heavy atom. The molecule has 1 aromatic heterocycles. The van der Waals surface area contributed by atoms with Gasteiger partial charge in [-0.15, -0.1) is 0 Å². The smallest absolute Gasteiger partial charge is 0.407 e. The Hall–Kier alpha value is -3.06. The molecule has 0 saturated heterocycles. The van der Waals surface area contributed by atoms with E-state index >= 15 is 0 Å². The number of ether oxygens (including phenoxy) is 2. The Labute approximate surface area is 608 Å². The average Bonchev–Trinajstić information content (AvgIpc) is 1.71. The fourth-order valence-electron chi connectivity index (χ4n) is 20.2. The summed E-state index contributed by atoms with van der Waals surface area (Å²) in [6.07, 6.45) is 38.2. The highest BCUT2D eigenvalue weighted by Crippen LogP contribution is 2.69. The van der Waals surface area contributed by atoms with Crippen molar-refractivity contribution in [3.8, 4) is 0 Å². The second-order valence-corrected chi connectivity index (χ2v) is 37.7. The number of nitrogens with zero attached hydrogens (tertiary/aromatic N) is 1. The molecule has 8 aliphatic rings. The maximum absolute atomic E-state index is 12.7. The molecule has 0 bridgehead atoms. The van der Waals surface area contributed by atoms with Gasteiger partial charge in [-0.1, -0.05) is 183 Å². The number of aromatic nitrogens is 1. The highest BCUT2D eigenvalue weighted by atomic mass is 33.1. The Kier molecular flexibility index (Phi) is 33.1. The van der Waals surface area contributed by atoms with Crippen LogP contribution in [0.4, 0.5) is 9.59 Å². The van der Waals surface area contributed by atoms with Gasteiger partial charge in [0.2, 0.25) is 0 Å². The summed E-state index contributed by atoms with van der Waals surface area (Å²) in [5, 5.41) is 31.6. The van der Waals surface area contributed by atoms with Crippen LogP contribution in [0.1, 0.15) is 236 Å². The third-order valence-corrected chi connectivity index (χ3v) is 30.1. The number of fused-ring (bicyclic) bond motifs is 10. The minimum Gasteiger partial charge on any atom is -0.549 e. The highest BCUT2D eigenvalue weighted by molar-refractivity contribution is 8.77. The molecule has 1 heterocycles. The molecule has 5 N–H and O–H groups in total. The lowest BCUT2D eigenvalue weighted by molar-refractivity contribution is -0.301. The molecule has 16 unspecified atom stereocenters. The lowest BCUT2D eigenvalue weighted by Crippen LogP contribution is -2.51. The maximum Gasteiger partial charge on any atom is 0.407 e. The summed E-state index contributed by atoms with van der Waals surface area (Å²) in [6, 6.07) is 5.99. The molecule has 0 aliphatic heterocycles. The molecule has 16 atom stereocenters. The van der Waals surface area contributed by atoms with Gasteiger partial charge in [-0.05, 0) is 231 Å². The number of allylic oxidation sites excluding steroid dienone is 4. The van der Waals surface area contributed by atoms with Crippen LogP contribution in [0.15, 0.2) is 77.3 Å². The summed E-state index contributed by atoms with van der Waals surface area (Å²) in [5.41, 5.74) is 6.66. The first-order valence-electron chi connectivity index (χ1n) is 37.9. The van der Waals surface area contributed by atoms with Crippen LogP contribution in [0.5, 0.6) is 0 Å². The van der Waals surface area contributed by atoms with Crippen molar-refractivity contribution in [1.82, 2.24) is 26.3 Å². The molecule has 0 radical (unpaired) electrons. The van der Waals surface area contributed by atoms with Gasteiger partial charge in [0.15, 0.2) is 0 Å². The minimum atomic E-state index is -1.03. The standard InChI is InChI=1S/C40H63N3O2S2.C37H62N2O4S2.C2H4O2S/c1-28(2)11-9-12-29(3)34-17-18-35-33-16-15-31-27-32(19-21-39(31,5)36(33)20-22-40(34,35)6)45-38(44)43-25-24-41-30(4)13-10-26-46-47-37-14-7-8-23-42-37;1-25(2)9-7-10-26(3)31-14-15-32-30-13-12-28-23-29(16-18-36(28,5)33(30)17-19-37(31,32)6)43-35(42)39-21-20-38-27(4)11-8-22-44-45-24-34(40)41;3-2(4)1-5/h7-8,14-15,23,28-29,32-36,41H,4,9-13,16-22,24-27H2,1-3,5-6H3,(H,43,44);12,25-26,29-33,38H,4,7-11,13-24H2,1-3,5-6H3,(H,39,42)(H,40,41);5H,1H2,(H,3,4)/p-1. The van der Waals surface area contributed by atoms with Gasteiger partial charge in [-0.25, -0.2) is 14.6 Å². The van der Waals surface area contributed by atoms with Gasteiger partial charge in [-0.3, -0.25) is 4.79 Å². The maximum atomic E-state index is 12.7.